The minimum Gasteiger partial charge on any atom is -0.487 e. The lowest BCUT2D eigenvalue weighted by atomic mass is 10.0. The average molecular weight is 418 g/mol. The first-order chi connectivity index (χ1) is 14.4. The Morgan fingerprint density at radius 1 is 1.20 bits per heavy atom. The number of likely N-dealkylation sites (tertiary alicyclic amines) is 1. The highest BCUT2D eigenvalue weighted by Gasteiger charge is 2.28. The normalized spacial score (nSPS) is 19.0. The van der Waals surface area contributed by atoms with Gasteiger partial charge in [0.15, 0.2) is 0 Å². The molecule has 0 spiro atoms. The van der Waals surface area contributed by atoms with Crippen molar-refractivity contribution < 1.29 is 23.9 Å². The van der Waals surface area contributed by atoms with Crippen molar-refractivity contribution in [1.82, 2.24) is 10.2 Å². The van der Waals surface area contributed by atoms with E-state index in [0.717, 1.165) is 11.3 Å². The van der Waals surface area contributed by atoms with E-state index in [4.69, 9.17) is 9.47 Å². The number of hydrogen-bond donors (Lipinski definition) is 1. The average Bonchev–Trinajstić information content (AvgIpc) is 2.72. The van der Waals surface area contributed by atoms with Gasteiger partial charge in [-0.25, -0.2) is 4.79 Å². The molecule has 1 saturated heterocycles. The van der Waals surface area contributed by atoms with Crippen molar-refractivity contribution >= 4 is 23.6 Å². The number of nitrogens with one attached hydrogen (secondary N) is 1. The van der Waals surface area contributed by atoms with Crippen LogP contribution in [0.25, 0.3) is 0 Å². The fourth-order valence-corrected chi connectivity index (χ4v) is 3.86. The molecule has 8 heteroatoms. The maximum Gasteiger partial charge on any atom is 0.409 e. The van der Waals surface area contributed by atoms with Gasteiger partial charge in [0.1, 0.15) is 11.9 Å². The van der Waals surface area contributed by atoms with Crippen LogP contribution in [0.15, 0.2) is 18.2 Å². The molecule has 2 aliphatic heterocycles. The lowest BCUT2D eigenvalue weighted by Crippen LogP contribution is -2.47. The Labute approximate surface area is 177 Å². The van der Waals surface area contributed by atoms with Crippen LogP contribution in [-0.4, -0.2) is 61.2 Å². The molecule has 0 aliphatic carbocycles. The predicted octanol–water partition coefficient (Wildman–Crippen LogP) is 2.63. The van der Waals surface area contributed by atoms with E-state index in [1.54, 1.807) is 16.7 Å². The lowest BCUT2D eigenvalue weighted by molar-refractivity contribution is -0.126. The van der Waals surface area contributed by atoms with Gasteiger partial charge in [0.2, 0.25) is 11.8 Å². The number of benzene rings is 1. The van der Waals surface area contributed by atoms with Crippen LogP contribution in [0.2, 0.25) is 0 Å². The van der Waals surface area contributed by atoms with Gasteiger partial charge in [-0.2, -0.15) is 0 Å². The molecule has 1 atom stereocenters. The smallest absolute Gasteiger partial charge is 0.409 e. The second kappa shape index (κ2) is 9.82. The van der Waals surface area contributed by atoms with Crippen molar-refractivity contribution in [1.29, 1.82) is 0 Å². The Morgan fingerprint density at radius 3 is 2.63 bits per heavy atom. The molecule has 0 unspecified atom stereocenters. The van der Waals surface area contributed by atoms with E-state index in [2.05, 4.69) is 5.32 Å². The third-order valence-corrected chi connectivity index (χ3v) is 5.43. The quantitative estimate of drug-likeness (QED) is 0.796. The topological polar surface area (TPSA) is 88.2 Å². The molecule has 1 fully saturated rings. The van der Waals surface area contributed by atoms with E-state index in [1.165, 1.54) is 0 Å². The summed E-state index contributed by atoms with van der Waals surface area (Å²) >= 11 is 0. The summed E-state index contributed by atoms with van der Waals surface area (Å²) in [6, 6.07) is 5.80. The number of carbonyl (C=O) groups is 3. The fraction of sp³-hybridized carbons (Fsp3) is 0.591. The van der Waals surface area contributed by atoms with Gasteiger partial charge in [-0.05, 0) is 51.3 Å². The first-order valence-electron chi connectivity index (χ1n) is 10.7. The third-order valence-electron chi connectivity index (χ3n) is 5.43. The van der Waals surface area contributed by atoms with Crippen molar-refractivity contribution in [3.05, 3.63) is 23.8 Å². The zero-order valence-electron chi connectivity index (χ0n) is 18.0. The zero-order chi connectivity index (χ0) is 21.7. The Balaban J connectivity index is 1.47. The molecule has 1 N–H and O–H groups in total. The van der Waals surface area contributed by atoms with Crippen molar-refractivity contribution in [2.75, 3.05) is 31.1 Å². The van der Waals surface area contributed by atoms with Gasteiger partial charge in [0, 0.05) is 32.0 Å². The Hall–Kier alpha value is -2.77. The Morgan fingerprint density at radius 2 is 1.93 bits per heavy atom. The van der Waals surface area contributed by atoms with E-state index in [9.17, 15) is 14.4 Å². The lowest BCUT2D eigenvalue weighted by Gasteiger charge is -2.34. The van der Waals surface area contributed by atoms with Crippen LogP contribution in [-0.2, 0) is 14.3 Å². The summed E-state index contributed by atoms with van der Waals surface area (Å²) in [7, 11) is 0. The Kier molecular flexibility index (Phi) is 7.18. The second-order valence-electron chi connectivity index (χ2n) is 7.93. The summed E-state index contributed by atoms with van der Waals surface area (Å²) in [5.41, 5.74) is 1.82. The summed E-state index contributed by atoms with van der Waals surface area (Å²) in [5, 5.41) is 2.99. The van der Waals surface area contributed by atoms with Crippen molar-refractivity contribution in [3.8, 4) is 5.75 Å². The molecule has 0 radical (unpaired) electrons. The van der Waals surface area contributed by atoms with Gasteiger partial charge in [-0.15, -0.1) is 0 Å². The molecule has 0 aromatic heterocycles. The molecule has 0 saturated carbocycles. The number of nitrogens with zero attached hydrogens (tertiary/aromatic N) is 2. The van der Waals surface area contributed by atoms with Gasteiger partial charge in [0.05, 0.1) is 18.8 Å². The monoisotopic (exact) mass is 417 g/mol. The van der Waals surface area contributed by atoms with E-state index in [0.29, 0.717) is 44.8 Å². The minimum atomic E-state index is -0.303. The van der Waals surface area contributed by atoms with Gasteiger partial charge < -0.3 is 24.6 Å². The van der Waals surface area contributed by atoms with E-state index >= 15 is 0 Å². The number of amides is 3. The summed E-state index contributed by atoms with van der Waals surface area (Å²) in [6.07, 6.45) is 1.26. The molecule has 2 heterocycles. The predicted molar refractivity (Wildman–Crippen MR) is 113 cm³/mol. The van der Waals surface area contributed by atoms with Gasteiger partial charge in [0.25, 0.3) is 0 Å². The SMILES string of the molecule is CCOC(=O)N1CCC(NC(=O)CCC(=O)N2C[C@@H](C)Oc3ccc(C)cc32)CC1. The molecular weight excluding hydrogens is 386 g/mol. The largest absolute Gasteiger partial charge is 0.487 e. The first-order valence-corrected chi connectivity index (χ1v) is 10.7. The van der Waals surface area contributed by atoms with Gasteiger partial charge in [-0.3, -0.25) is 9.59 Å². The van der Waals surface area contributed by atoms with Crippen LogP contribution < -0.4 is 15.0 Å². The third kappa shape index (κ3) is 5.43. The van der Waals surface area contributed by atoms with Crippen molar-refractivity contribution in [3.63, 3.8) is 0 Å². The van der Waals surface area contributed by atoms with Crippen molar-refractivity contribution in [2.45, 2.75) is 58.6 Å². The fourth-order valence-electron chi connectivity index (χ4n) is 3.86. The van der Waals surface area contributed by atoms with Crippen LogP contribution in [0.3, 0.4) is 0 Å². The van der Waals surface area contributed by atoms with E-state index in [-0.39, 0.29) is 42.9 Å². The van der Waals surface area contributed by atoms with E-state index < -0.39 is 0 Å². The first kappa shape index (κ1) is 21.9. The van der Waals surface area contributed by atoms with Crippen molar-refractivity contribution in [2.24, 2.45) is 0 Å². The minimum absolute atomic E-state index is 0.0186. The molecule has 3 rings (SSSR count). The molecule has 164 valence electrons. The van der Waals surface area contributed by atoms with Crippen LogP contribution in [0, 0.1) is 6.92 Å². The molecule has 1 aromatic carbocycles. The highest BCUT2D eigenvalue weighted by atomic mass is 16.6. The number of carbonyl (C=O) groups excluding carboxylic acids is 3. The molecule has 1 aromatic rings. The number of hydrogen-bond acceptors (Lipinski definition) is 5. The highest BCUT2D eigenvalue weighted by Crippen LogP contribution is 2.34. The molecule has 2 aliphatic rings. The highest BCUT2D eigenvalue weighted by molar-refractivity contribution is 5.97. The molecule has 30 heavy (non-hydrogen) atoms. The number of piperidine rings is 1. The van der Waals surface area contributed by atoms with Crippen LogP contribution >= 0.6 is 0 Å². The number of fused-ring (bicyclic) bond motifs is 1. The number of anilines is 1. The zero-order valence-corrected chi connectivity index (χ0v) is 18.0. The number of rotatable bonds is 5. The molecule has 3 amide bonds. The summed E-state index contributed by atoms with van der Waals surface area (Å²) in [6.45, 7) is 7.64. The summed E-state index contributed by atoms with van der Waals surface area (Å²) in [4.78, 5) is 40.3. The molecule has 0 bridgehead atoms. The molecular formula is C22H31N3O5. The van der Waals surface area contributed by atoms with Crippen LogP contribution in [0.1, 0.15) is 45.1 Å². The number of aryl methyl sites for hydroxylation is 1. The maximum absolute atomic E-state index is 12.8. The Bertz CT molecular complexity index is 789. The van der Waals surface area contributed by atoms with Gasteiger partial charge in [-0.1, -0.05) is 6.07 Å². The standard InChI is InChI=1S/C22H31N3O5/c1-4-29-22(28)24-11-9-17(10-12-24)23-20(26)7-8-21(27)25-14-16(3)30-19-6-5-15(2)13-18(19)25/h5-6,13,16-17H,4,7-12,14H2,1-3H3,(H,23,26)/t16-/m1/s1. The van der Waals surface area contributed by atoms with E-state index in [1.807, 2.05) is 32.0 Å². The number of ether oxygens (including phenoxy) is 2. The second-order valence-corrected chi connectivity index (χ2v) is 7.93. The maximum atomic E-state index is 12.8. The van der Waals surface area contributed by atoms with Crippen LogP contribution in [0.4, 0.5) is 10.5 Å². The molecule has 8 nitrogen and oxygen atoms in total. The van der Waals surface area contributed by atoms with Gasteiger partial charge >= 0.3 is 6.09 Å². The van der Waals surface area contributed by atoms with Crippen LogP contribution in [0.5, 0.6) is 5.75 Å². The summed E-state index contributed by atoms with van der Waals surface area (Å²) < 4.78 is 10.8. The summed E-state index contributed by atoms with van der Waals surface area (Å²) in [5.74, 6) is 0.485.